The first-order valence-electron chi connectivity index (χ1n) is 7.09. The summed E-state index contributed by atoms with van der Waals surface area (Å²) in [6.45, 7) is 7.32. The highest BCUT2D eigenvalue weighted by Crippen LogP contribution is 2.09. The van der Waals surface area contributed by atoms with E-state index in [9.17, 15) is 9.59 Å². The molecule has 2 amide bonds. The average Bonchev–Trinajstić information content (AvgIpc) is 2.35. The van der Waals surface area contributed by atoms with Crippen LogP contribution < -0.4 is 10.6 Å². The number of amides is 2. The van der Waals surface area contributed by atoms with Gasteiger partial charge < -0.3 is 15.4 Å². The number of alkyl carbamates (subject to hydrolysis) is 1. The van der Waals surface area contributed by atoms with E-state index in [-0.39, 0.29) is 5.91 Å². The Balaban J connectivity index is 2.41. The minimum absolute atomic E-state index is 0.119. The molecular formula is C17H22N2O3. The van der Waals surface area contributed by atoms with Crippen LogP contribution in [0.15, 0.2) is 24.3 Å². The number of benzene rings is 1. The van der Waals surface area contributed by atoms with Gasteiger partial charge in [0.25, 0.3) is 0 Å². The van der Waals surface area contributed by atoms with Crippen molar-refractivity contribution in [3.8, 4) is 11.8 Å². The number of anilines is 1. The monoisotopic (exact) mass is 302 g/mol. The Bertz CT molecular complexity index is 592. The maximum Gasteiger partial charge on any atom is 0.407 e. The Morgan fingerprint density at radius 2 is 2.00 bits per heavy atom. The molecule has 1 rings (SSSR count). The first kappa shape index (κ1) is 17.6. The predicted molar refractivity (Wildman–Crippen MR) is 86.5 cm³/mol. The summed E-state index contributed by atoms with van der Waals surface area (Å²) in [5, 5.41) is 5.35. The number of ether oxygens (including phenoxy) is 1. The first-order chi connectivity index (χ1) is 10.3. The van der Waals surface area contributed by atoms with Gasteiger partial charge in [0.15, 0.2) is 0 Å². The van der Waals surface area contributed by atoms with Gasteiger partial charge in [0.05, 0.1) is 0 Å². The maximum atomic E-state index is 11.4. The van der Waals surface area contributed by atoms with Gasteiger partial charge in [-0.25, -0.2) is 4.79 Å². The van der Waals surface area contributed by atoms with Gasteiger partial charge in [-0.1, -0.05) is 17.9 Å². The quantitative estimate of drug-likeness (QED) is 0.666. The van der Waals surface area contributed by atoms with Crippen molar-refractivity contribution in [3.05, 3.63) is 29.8 Å². The highest BCUT2D eigenvalue weighted by molar-refractivity contribution is 5.88. The second-order valence-corrected chi connectivity index (χ2v) is 5.74. The van der Waals surface area contributed by atoms with Gasteiger partial charge in [-0.2, -0.15) is 0 Å². The van der Waals surface area contributed by atoms with Crippen LogP contribution in [0.5, 0.6) is 0 Å². The Morgan fingerprint density at radius 3 is 2.64 bits per heavy atom. The van der Waals surface area contributed by atoms with Gasteiger partial charge in [-0.05, 0) is 39.0 Å². The molecule has 0 unspecified atom stereocenters. The Morgan fingerprint density at radius 1 is 1.27 bits per heavy atom. The predicted octanol–water partition coefficient (Wildman–Crippen LogP) is 2.91. The van der Waals surface area contributed by atoms with Crippen molar-refractivity contribution in [3.63, 3.8) is 0 Å². The largest absolute Gasteiger partial charge is 0.444 e. The van der Waals surface area contributed by atoms with E-state index in [2.05, 4.69) is 22.5 Å². The van der Waals surface area contributed by atoms with E-state index in [0.29, 0.717) is 18.7 Å². The number of hydrogen-bond acceptors (Lipinski definition) is 3. The SMILES string of the molecule is CC(=O)Nc1cccc(C#CCCNC(=O)OC(C)(C)C)c1. The van der Waals surface area contributed by atoms with E-state index in [1.54, 1.807) is 12.1 Å². The van der Waals surface area contributed by atoms with Gasteiger partial charge in [0.2, 0.25) is 5.91 Å². The second-order valence-electron chi connectivity index (χ2n) is 5.74. The van der Waals surface area contributed by atoms with Crippen molar-refractivity contribution >= 4 is 17.7 Å². The lowest BCUT2D eigenvalue weighted by molar-refractivity contribution is -0.114. The van der Waals surface area contributed by atoms with Crippen molar-refractivity contribution in [2.75, 3.05) is 11.9 Å². The molecule has 0 spiro atoms. The van der Waals surface area contributed by atoms with Crippen molar-refractivity contribution < 1.29 is 14.3 Å². The van der Waals surface area contributed by atoms with E-state index in [1.165, 1.54) is 6.92 Å². The third kappa shape index (κ3) is 7.95. The first-order valence-corrected chi connectivity index (χ1v) is 7.09. The van der Waals surface area contributed by atoms with E-state index in [0.717, 1.165) is 5.56 Å². The molecule has 0 aliphatic rings. The van der Waals surface area contributed by atoms with E-state index in [4.69, 9.17) is 4.74 Å². The normalized spacial score (nSPS) is 10.2. The average molecular weight is 302 g/mol. The summed E-state index contributed by atoms with van der Waals surface area (Å²) in [4.78, 5) is 22.4. The minimum atomic E-state index is -0.500. The zero-order valence-corrected chi connectivity index (χ0v) is 13.4. The fraction of sp³-hybridized carbons (Fsp3) is 0.412. The molecule has 0 atom stereocenters. The summed E-state index contributed by atoms with van der Waals surface area (Å²) < 4.78 is 5.12. The molecule has 0 radical (unpaired) electrons. The minimum Gasteiger partial charge on any atom is -0.444 e. The molecule has 5 heteroatoms. The molecule has 2 N–H and O–H groups in total. The number of carbonyl (C=O) groups is 2. The van der Waals surface area contributed by atoms with Crippen molar-refractivity contribution in [1.29, 1.82) is 0 Å². The van der Waals surface area contributed by atoms with Gasteiger partial charge >= 0.3 is 6.09 Å². The number of nitrogens with one attached hydrogen (secondary N) is 2. The molecule has 0 heterocycles. The summed E-state index contributed by atoms with van der Waals surface area (Å²) in [6.07, 6.45) is 0.0748. The number of rotatable bonds is 3. The molecule has 0 aliphatic heterocycles. The lowest BCUT2D eigenvalue weighted by Gasteiger charge is -2.19. The van der Waals surface area contributed by atoms with E-state index < -0.39 is 11.7 Å². The molecule has 0 bridgehead atoms. The van der Waals surface area contributed by atoms with Gasteiger partial charge in [-0.15, -0.1) is 0 Å². The molecular weight excluding hydrogens is 280 g/mol. The van der Waals surface area contributed by atoms with Crippen LogP contribution in [0.25, 0.3) is 0 Å². The van der Waals surface area contributed by atoms with Crippen LogP contribution in [0.2, 0.25) is 0 Å². The number of carbonyl (C=O) groups excluding carboxylic acids is 2. The second kappa shape index (κ2) is 8.08. The third-order valence-electron chi connectivity index (χ3n) is 2.33. The highest BCUT2D eigenvalue weighted by Gasteiger charge is 2.15. The van der Waals surface area contributed by atoms with Crippen LogP contribution in [0.3, 0.4) is 0 Å². The van der Waals surface area contributed by atoms with Gasteiger partial charge in [0.1, 0.15) is 5.60 Å². The fourth-order valence-corrected chi connectivity index (χ4v) is 1.58. The van der Waals surface area contributed by atoms with Crippen LogP contribution in [-0.4, -0.2) is 24.1 Å². The van der Waals surface area contributed by atoms with Crippen LogP contribution >= 0.6 is 0 Å². The van der Waals surface area contributed by atoms with Crippen LogP contribution in [-0.2, 0) is 9.53 Å². The van der Waals surface area contributed by atoms with Crippen molar-refractivity contribution in [2.24, 2.45) is 0 Å². The van der Waals surface area contributed by atoms with Crippen LogP contribution in [0, 0.1) is 11.8 Å². The Labute approximate surface area is 131 Å². The molecule has 118 valence electrons. The maximum absolute atomic E-state index is 11.4. The van der Waals surface area contributed by atoms with Crippen LogP contribution in [0.1, 0.15) is 39.7 Å². The van der Waals surface area contributed by atoms with Gasteiger partial charge in [0, 0.05) is 31.1 Å². The van der Waals surface area contributed by atoms with Crippen LogP contribution in [0.4, 0.5) is 10.5 Å². The summed E-state index contributed by atoms with van der Waals surface area (Å²) >= 11 is 0. The molecule has 1 aromatic carbocycles. The third-order valence-corrected chi connectivity index (χ3v) is 2.33. The fourth-order valence-electron chi connectivity index (χ4n) is 1.58. The molecule has 1 aromatic rings. The molecule has 0 fully saturated rings. The summed E-state index contributed by atoms with van der Waals surface area (Å²) in [6, 6.07) is 7.29. The summed E-state index contributed by atoms with van der Waals surface area (Å²) in [7, 11) is 0. The Hall–Kier alpha value is -2.48. The molecule has 0 saturated carbocycles. The molecule has 0 aliphatic carbocycles. The standard InChI is InChI=1S/C17H22N2O3/c1-13(20)19-15-10-7-9-14(12-15)8-5-6-11-18-16(21)22-17(2,3)4/h7,9-10,12H,6,11H2,1-4H3,(H,18,21)(H,19,20). The van der Waals surface area contributed by atoms with Crippen molar-refractivity contribution in [2.45, 2.75) is 39.7 Å². The molecule has 5 nitrogen and oxygen atoms in total. The Kier molecular flexibility index (Phi) is 6.46. The van der Waals surface area contributed by atoms with Crippen molar-refractivity contribution in [1.82, 2.24) is 5.32 Å². The zero-order valence-electron chi connectivity index (χ0n) is 13.4. The highest BCUT2D eigenvalue weighted by atomic mass is 16.6. The smallest absolute Gasteiger partial charge is 0.407 e. The van der Waals surface area contributed by atoms with E-state index in [1.807, 2.05) is 32.9 Å². The summed E-state index contributed by atoms with van der Waals surface area (Å²) in [5.74, 6) is 5.84. The topological polar surface area (TPSA) is 67.4 Å². The van der Waals surface area contributed by atoms with Gasteiger partial charge in [-0.3, -0.25) is 4.79 Å². The molecule has 0 saturated heterocycles. The summed E-state index contributed by atoms with van der Waals surface area (Å²) in [5.41, 5.74) is 1.02. The van der Waals surface area contributed by atoms with E-state index >= 15 is 0 Å². The lowest BCUT2D eigenvalue weighted by Crippen LogP contribution is -2.32. The number of hydrogen-bond donors (Lipinski definition) is 2. The molecule has 0 aromatic heterocycles. The molecule has 22 heavy (non-hydrogen) atoms. The zero-order chi connectivity index (χ0) is 16.6. The lowest BCUT2D eigenvalue weighted by atomic mass is 10.2.